The molecule has 0 unspecified atom stereocenters. The molecular formula is C10H15ClN4OS. The molecule has 0 aliphatic rings. The van der Waals surface area contributed by atoms with Crippen molar-refractivity contribution < 1.29 is 4.79 Å². The SMILES string of the molecule is CCCNC(=O)CSc1nc(Cl)nc(C)c1N. The van der Waals surface area contributed by atoms with Crippen LogP contribution in [-0.2, 0) is 4.79 Å². The summed E-state index contributed by atoms with van der Waals surface area (Å²) in [5.41, 5.74) is 6.90. The van der Waals surface area contributed by atoms with Crippen LogP contribution in [0.4, 0.5) is 5.69 Å². The molecule has 0 atom stereocenters. The van der Waals surface area contributed by atoms with Gasteiger partial charge in [0.2, 0.25) is 11.2 Å². The molecule has 1 amide bonds. The smallest absolute Gasteiger partial charge is 0.230 e. The topological polar surface area (TPSA) is 80.9 Å². The number of hydrogen-bond acceptors (Lipinski definition) is 5. The van der Waals surface area contributed by atoms with Crippen molar-refractivity contribution in [1.29, 1.82) is 0 Å². The Morgan fingerprint density at radius 3 is 2.88 bits per heavy atom. The lowest BCUT2D eigenvalue weighted by Gasteiger charge is -2.07. The van der Waals surface area contributed by atoms with Gasteiger partial charge in [0.05, 0.1) is 17.1 Å². The second kappa shape index (κ2) is 6.66. The quantitative estimate of drug-likeness (QED) is 0.485. The molecule has 0 saturated heterocycles. The summed E-state index contributed by atoms with van der Waals surface area (Å²) in [7, 11) is 0. The van der Waals surface area contributed by atoms with Crippen molar-refractivity contribution in [2.24, 2.45) is 0 Å². The lowest BCUT2D eigenvalue weighted by Crippen LogP contribution is -2.25. The van der Waals surface area contributed by atoms with Gasteiger partial charge in [-0.1, -0.05) is 18.7 Å². The Labute approximate surface area is 110 Å². The highest BCUT2D eigenvalue weighted by Crippen LogP contribution is 2.25. The molecule has 0 bridgehead atoms. The molecule has 0 spiro atoms. The zero-order chi connectivity index (χ0) is 12.8. The fourth-order valence-corrected chi connectivity index (χ4v) is 2.17. The molecule has 0 aliphatic heterocycles. The van der Waals surface area contributed by atoms with E-state index in [1.807, 2.05) is 6.92 Å². The number of aryl methyl sites for hydroxylation is 1. The molecule has 7 heteroatoms. The number of thioether (sulfide) groups is 1. The first-order valence-electron chi connectivity index (χ1n) is 5.23. The van der Waals surface area contributed by atoms with Crippen LogP contribution in [-0.4, -0.2) is 28.2 Å². The third kappa shape index (κ3) is 4.40. The van der Waals surface area contributed by atoms with Crippen LogP contribution in [0.5, 0.6) is 0 Å². The van der Waals surface area contributed by atoms with E-state index < -0.39 is 0 Å². The normalized spacial score (nSPS) is 10.3. The molecule has 94 valence electrons. The van der Waals surface area contributed by atoms with E-state index in [0.717, 1.165) is 6.42 Å². The lowest BCUT2D eigenvalue weighted by atomic mass is 10.4. The average Bonchev–Trinajstić information content (AvgIpc) is 2.29. The van der Waals surface area contributed by atoms with Gasteiger partial charge in [0.15, 0.2) is 0 Å². The molecule has 0 radical (unpaired) electrons. The molecule has 1 rings (SSSR count). The molecule has 1 aromatic heterocycles. The Balaban J connectivity index is 2.60. The van der Waals surface area contributed by atoms with Gasteiger partial charge in [0, 0.05) is 6.54 Å². The van der Waals surface area contributed by atoms with E-state index in [1.54, 1.807) is 6.92 Å². The lowest BCUT2D eigenvalue weighted by molar-refractivity contribution is -0.118. The molecule has 0 saturated carbocycles. The Bertz CT molecular complexity index is 414. The van der Waals surface area contributed by atoms with Crippen molar-refractivity contribution in [2.45, 2.75) is 25.3 Å². The minimum Gasteiger partial charge on any atom is -0.395 e. The van der Waals surface area contributed by atoms with Crippen molar-refractivity contribution >= 4 is 35.0 Å². The maximum absolute atomic E-state index is 11.4. The number of carbonyl (C=O) groups excluding carboxylic acids is 1. The van der Waals surface area contributed by atoms with E-state index in [9.17, 15) is 4.79 Å². The summed E-state index contributed by atoms with van der Waals surface area (Å²) >= 11 is 6.99. The van der Waals surface area contributed by atoms with Gasteiger partial charge in [-0.05, 0) is 24.9 Å². The first kappa shape index (κ1) is 14.1. The van der Waals surface area contributed by atoms with E-state index in [4.69, 9.17) is 17.3 Å². The van der Waals surface area contributed by atoms with E-state index in [-0.39, 0.29) is 16.9 Å². The van der Waals surface area contributed by atoms with Crippen molar-refractivity contribution in [3.63, 3.8) is 0 Å². The average molecular weight is 275 g/mol. The number of nitrogens with one attached hydrogen (secondary N) is 1. The van der Waals surface area contributed by atoms with Crippen molar-refractivity contribution in [1.82, 2.24) is 15.3 Å². The Morgan fingerprint density at radius 1 is 1.53 bits per heavy atom. The monoisotopic (exact) mass is 274 g/mol. The fraction of sp³-hybridized carbons (Fsp3) is 0.500. The number of halogens is 1. The molecule has 0 aromatic carbocycles. The number of nitrogens with two attached hydrogens (primary N) is 1. The second-order valence-corrected chi connectivity index (χ2v) is 4.74. The van der Waals surface area contributed by atoms with Gasteiger partial charge in [-0.2, -0.15) is 0 Å². The summed E-state index contributed by atoms with van der Waals surface area (Å²) in [5.74, 6) is 0.236. The first-order valence-corrected chi connectivity index (χ1v) is 6.60. The van der Waals surface area contributed by atoms with Crippen LogP contribution < -0.4 is 11.1 Å². The Kier molecular flexibility index (Phi) is 5.50. The van der Waals surface area contributed by atoms with Crippen molar-refractivity contribution in [3.05, 3.63) is 11.0 Å². The van der Waals surface area contributed by atoms with Crippen LogP contribution in [0.2, 0.25) is 5.28 Å². The number of carbonyl (C=O) groups is 1. The van der Waals surface area contributed by atoms with Gasteiger partial charge in [-0.25, -0.2) is 9.97 Å². The third-order valence-electron chi connectivity index (χ3n) is 1.99. The highest BCUT2D eigenvalue weighted by Gasteiger charge is 2.10. The Morgan fingerprint density at radius 2 is 2.24 bits per heavy atom. The minimum absolute atomic E-state index is 0.0383. The summed E-state index contributed by atoms with van der Waals surface area (Å²) in [6, 6.07) is 0. The van der Waals surface area contributed by atoms with E-state index >= 15 is 0 Å². The van der Waals surface area contributed by atoms with Crippen LogP contribution in [0, 0.1) is 6.92 Å². The Hall–Kier alpha value is -1.01. The predicted molar refractivity (Wildman–Crippen MR) is 70.2 cm³/mol. The van der Waals surface area contributed by atoms with E-state index in [1.165, 1.54) is 11.8 Å². The third-order valence-corrected chi connectivity index (χ3v) is 3.15. The minimum atomic E-state index is -0.0383. The molecule has 0 fully saturated rings. The highest BCUT2D eigenvalue weighted by atomic mass is 35.5. The van der Waals surface area contributed by atoms with Crippen molar-refractivity contribution in [3.8, 4) is 0 Å². The maximum atomic E-state index is 11.4. The maximum Gasteiger partial charge on any atom is 0.230 e. The number of nitrogens with zero attached hydrogens (tertiary/aromatic N) is 2. The fourth-order valence-electron chi connectivity index (χ4n) is 1.08. The van der Waals surface area contributed by atoms with Gasteiger partial charge in [-0.3, -0.25) is 4.79 Å². The molecule has 17 heavy (non-hydrogen) atoms. The van der Waals surface area contributed by atoms with Crippen LogP contribution >= 0.6 is 23.4 Å². The summed E-state index contributed by atoms with van der Waals surface area (Å²) in [5, 5.41) is 3.47. The van der Waals surface area contributed by atoms with Crippen LogP contribution in [0.25, 0.3) is 0 Å². The number of anilines is 1. The van der Waals surface area contributed by atoms with Gasteiger partial charge in [0.25, 0.3) is 0 Å². The van der Waals surface area contributed by atoms with Gasteiger partial charge < -0.3 is 11.1 Å². The zero-order valence-corrected chi connectivity index (χ0v) is 11.4. The van der Waals surface area contributed by atoms with Crippen LogP contribution in [0.3, 0.4) is 0 Å². The van der Waals surface area contributed by atoms with Gasteiger partial charge in [0.1, 0.15) is 5.03 Å². The van der Waals surface area contributed by atoms with Gasteiger partial charge >= 0.3 is 0 Å². The van der Waals surface area contributed by atoms with E-state index in [0.29, 0.717) is 23.0 Å². The summed E-state index contributed by atoms with van der Waals surface area (Å²) in [6.45, 7) is 4.43. The molecule has 3 N–H and O–H groups in total. The summed E-state index contributed by atoms with van der Waals surface area (Å²) < 4.78 is 0. The number of rotatable bonds is 5. The number of amides is 1. The molecule has 1 aromatic rings. The standard InChI is InChI=1S/C10H15ClN4OS/c1-3-4-13-7(16)5-17-9-8(12)6(2)14-10(11)15-9/h3-5,12H2,1-2H3,(H,13,16). The molecule has 0 aliphatic carbocycles. The molecule has 1 heterocycles. The van der Waals surface area contributed by atoms with Crippen molar-refractivity contribution in [2.75, 3.05) is 18.0 Å². The largest absolute Gasteiger partial charge is 0.395 e. The van der Waals surface area contributed by atoms with Gasteiger partial charge in [-0.15, -0.1) is 0 Å². The van der Waals surface area contributed by atoms with Crippen LogP contribution in [0.1, 0.15) is 19.0 Å². The second-order valence-electron chi connectivity index (χ2n) is 3.44. The number of aromatic nitrogens is 2. The number of nitrogen functional groups attached to an aromatic ring is 1. The van der Waals surface area contributed by atoms with E-state index in [2.05, 4.69) is 15.3 Å². The summed E-state index contributed by atoms with van der Waals surface area (Å²) in [4.78, 5) is 19.3. The summed E-state index contributed by atoms with van der Waals surface area (Å²) in [6.07, 6.45) is 0.914. The first-order chi connectivity index (χ1) is 8.04. The van der Waals surface area contributed by atoms with Crippen LogP contribution in [0.15, 0.2) is 5.03 Å². The highest BCUT2D eigenvalue weighted by molar-refractivity contribution is 8.00. The predicted octanol–water partition coefficient (Wildman–Crippen LogP) is 1.64. The zero-order valence-electron chi connectivity index (χ0n) is 9.79. The number of hydrogen-bond donors (Lipinski definition) is 2. The molecular weight excluding hydrogens is 260 g/mol. The molecule has 5 nitrogen and oxygen atoms in total.